The second kappa shape index (κ2) is 6.77. The Hall–Kier alpha value is -0.520. The van der Waals surface area contributed by atoms with Gasteiger partial charge in [-0.2, -0.15) is 11.8 Å². The van der Waals surface area contributed by atoms with E-state index in [0.29, 0.717) is 22.3 Å². The summed E-state index contributed by atoms with van der Waals surface area (Å²) in [6, 6.07) is 1.77. The summed E-state index contributed by atoms with van der Waals surface area (Å²) in [4.78, 5) is 8.53. The van der Waals surface area contributed by atoms with E-state index in [1.54, 1.807) is 13.2 Å². The number of hydrogen-bond donors (Lipinski definition) is 1. The third-order valence-electron chi connectivity index (χ3n) is 3.55. The van der Waals surface area contributed by atoms with Crippen LogP contribution in [0.5, 0.6) is 0 Å². The second-order valence-corrected chi connectivity index (χ2v) is 6.53. The fraction of sp³-hybridized carbons (Fsp3) is 0.692. The molecule has 2 rings (SSSR count). The topological polar surface area (TPSA) is 47.0 Å². The molecular formula is C13H20ClN3OS. The van der Waals surface area contributed by atoms with Crippen LogP contribution in [0.25, 0.3) is 0 Å². The van der Waals surface area contributed by atoms with Gasteiger partial charge in [0.1, 0.15) is 17.6 Å². The molecule has 1 aromatic rings. The van der Waals surface area contributed by atoms with Crippen LogP contribution < -0.4 is 5.32 Å². The van der Waals surface area contributed by atoms with Gasteiger partial charge in [-0.3, -0.25) is 0 Å². The molecule has 1 aliphatic rings. The van der Waals surface area contributed by atoms with Crippen molar-refractivity contribution in [3.8, 4) is 0 Å². The van der Waals surface area contributed by atoms with Crippen molar-refractivity contribution >= 4 is 29.2 Å². The lowest BCUT2D eigenvalue weighted by molar-refractivity contribution is 0.178. The van der Waals surface area contributed by atoms with E-state index in [4.69, 9.17) is 16.3 Å². The van der Waals surface area contributed by atoms with Crippen molar-refractivity contribution in [3.05, 3.63) is 17.0 Å². The van der Waals surface area contributed by atoms with Gasteiger partial charge in [-0.05, 0) is 19.1 Å². The standard InChI is InChI=1S/C13H20ClN3OS/c1-18-8-12-16-10(14)7-11(17-12)15-9-13(19-2)5-3-4-6-13/h7H,3-6,8-9H2,1-2H3,(H,15,16,17). The summed E-state index contributed by atoms with van der Waals surface area (Å²) in [6.45, 7) is 1.30. The third-order valence-corrected chi connectivity index (χ3v) is 5.17. The predicted octanol–water partition coefficient (Wildman–Crippen LogP) is 3.36. The number of halogens is 1. The molecule has 19 heavy (non-hydrogen) atoms. The first-order valence-electron chi connectivity index (χ1n) is 6.49. The highest BCUT2D eigenvalue weighted by molar-refractivity contribution is 8.00. The largest absolute Gasteiger partial charge is 0.377 e. The van der Waals surface area contributed by atoms with Crippen LogP contribution in [0.15, 0.2) is 6.07 Å². The quantitative estimate of drug-likeness (QED) is 0.816. The smallest absolute Gasteiger partial charge is 0.158 e. The predicted molar refractivity (Wildman–Crippen MR) is 81.0 cm³/mol. The van der Waals surface area contributed by atoms with Crippen molar-refractivity contribution in [1.29, 1.82) is 0 Å². The van der Waals surface area contributed by atoms with E-state index in [2.05, 4.69) is 21.5 Å². The van der Waals surface area contributed by atoms with Gasteiger partial charge >= 0.3 is 0 Å². The van der Waals surface area contributed by atoms with E-state index in [-0.39, 0.29) is 0 Å². The highest BCUT2D eigenvalue weighted by Gasteiger charge is 2.32. The highest BCUT2D eigenvalue weighted by Crippen LogP contribution is 2.40. The van der Waals surface area contributed by atoms with Crippen LogP contribution in [0, 0.1) is 0 Å². The number of methoxy groups -OCH3 is 1. The summed E-state index contributed by atoms with van der Waals surface area (Å²) in [5.41, 5.74) is 0. The summed E-state index contributed by atoms with van der Waals surface area (Å²) in [5, 5.41) is 3.86. The zero-order chi connectivity index (χ0) is 13.7. The van der Waals surface area contributed by atoms with Gasteiger partial charge in [0, 0.05) is 24.5 Å². The Morgan fingerprint density at radius 1 is 1.42 bits per heavy atom. The van der Waals surface area contributed by atoms with Crippen molar-refractivity contribution < 1.29 is 4.74 Å². The van der Waals surface area contributed by atoms with Crippen molar-refractivity contribution in [2.75, 3.05) is 25.2 Å². The summed E-state index contributed by atoms with van der Waals surface area (Å²) in [7, 11) is 1.62. The first-order valence-corrected chi connectivity index (χ1v) is 8.09. The molecule has 106 valence electrons. The SMILES string of the molecule is COCc1nc(Cl)cc(NCC2(SC)CCCC2)n1. The molecule has 0 unspecified atom stereocenters. The fourth-order valence-electron chi connectivity index (χ4n) is 2.47. The lowest BCUT2D eigenvalue weighted by Crippen LogP contribution is -2.30. The molecule has 6 heteroatoms. The highest BCUT2D eigenvalue weighted by atomic mass is 35.5. The van der Waals surface area contributed by atoms with Crippen molar-refractivity contribution in [1.82, 2.24) is 9.97 Å². The number of aromatic nitrogens is 2. The number of anilines is 1. The molecule has 4 nitrogen and oxygen atoms in total. The van der Waals surface area contributed by atoms with Gasteiger partial charge in [-0.1, -0.05) is 24.4 Å². The molecule has 1 aromatic heterocycles. The van der Waals surface area contributed by atoms with Crippen LogP contribution in [0.3, 0.4) is 0 Å². The average Bonchev–Trinajstić information content (AvgIpc) is 2.86. The van der Waals surface area contributed by atoms with Gasteiger partial charge in [-0.15, -0.1) is 0 Å². The summed E-state index contributed by atoms with van der Waals surface area (Å²) >= 11 is 7.95. The maximum absolute atomic E-state index is 6.00. The number of thioether (sulfide) groups is 1. The minimum absolute atomic E-state index is 0.346. The molecular weight excluding hydrogens is 282 g/mol. The Kier molecular flexibility index (Phi) is 5.30. The molecule has 0 bridgehead atoms. The molecule has 0 radical (unpaired) electrons. The maximum Gasteiger partial charge on any atom is 0.158 e. The van der Waals surface area contributed by atoms with E-state index in [1.807, 2.05) is 11.8 Å². The number of ether oxygens (including phenoxy) is 1. The van der Waals surface area contributed by atoms with Crippen LogP contribution in [0.4, 0.5) is 5.82 Å². The number of nitrogens with zero attached hydrogens (tertiary/aromatic N) is 2. The molecule has 0 aliphatic heterocycles. The molecule has 1 heterocycles. The Balaban J connectivity index is 2.02. The molecule has 1 aliphatic carbocycles. The monoisotopic (exact) mass is 301 g/mol. The normalized spacial score (nSPS) is 17.6. The Bertz CT molecular complexity index is 424. The van der Waals surface area contributed by atoms with E-state index in [0.717, 1.165) is 12.4 Å². The van der Waals surface area contributed by atoms with Crippen LogP contribution in [-0.2, 0) is 11.3 Å². The number of nitrogens with one attached hydrogen (secondary N) is 1. The van der Waals surface area contributed by atoms with E-state index in [9.17, 15) is 0 Å². The average molecular weight is 302 g/mol. The molecule has 0 aromatic carbocycles. The van der Waals surface area contributed by atoms with Crippen molar-refractivity contribution in [3.63, 3.8) is 0 Å². The molecule has 0 spiro atoms. The Labute approximate surface area is 123 Å². The molecule has 1 N–H and O–H groups in total. The minimum Gasteiger partial charge on any atom is -0.377 e. The van der Waals surface area contributed by atoms with E-state index >= 15 is 0 Å². The van der Waals surface area contributed by atoms with Crippen molar-refractivity contribution in [2.24, 2.45) is 0 Å². The lowest BCUT2D eigenvalue weighted by atomic mass is 10.1. The number of rotatable bonds is 6. The molecule has 0 amide bonds. The van der Waals surface area contributed by atoms with Gasteiger partial charge < -0.3 is 10.1 Å². The van der Waals surface area contributed by atoms with Gasteiger partial charge in [0.2, 0.25) is 0 Å². The van der Waals surface area contributed by atoms with Crippen LogP contribution in [0.2, 0.25) is 5.15 Å². The molecule has 0 atom stereocenters. The van der Waals surface area contributed by atoms with E-state index < -0.39 is 0 Å². The first kappa shape index (κ1) is 14.9. The summed E-state index contributed by atoms with van der Waals surface area (Å²) < 4.78 is 5.39. The van der Waals surface area contributed by atoms with Crippen molar-refractivity contribution in [2.45, 2.75) is 37.0 Å². The second-order valence-electron chi connectivity index (χ2n) is 4.87. The number of hydrogen-bond acceptors (Lipinski definition) is 5. The third kappa shape index (κ3) is 3.97. The zero-order valence-electron chi connectivity index (χ0n) is 11.4. The van der Waals surface area contributed by atoms with Gasteiger partial charge in [0.05, 0.1) is 0 Å². The van der Waals surface area contributed by atoms with E-state index in [1.165, 1.54) is 25.7 Å². The Morgan fingerprint density at radius 3 is 2.79 bits per heavy atom. The van der Waals surface area contributed by atoms with Crippen LogP contribution >= 0.6 is 23.4 Å². The minimum atomic E-state index is 0.346. The molecule has 1 saturated carbocycles. The lowest BCUT2D eigenvalue weighted by Gasteiger charge is -2.27. The summed E-state index contributed by atoms with van der Waals surface area (Å²) in [6.07, 6.45) is 7.37. The maximum atomic E-state index is 6.00. The Morgan fingerprint density at radius 2 is 2.16 bits per heavy atom. The first-order chi connectivity index (χ1) is 9.17. The van der Waals surface area contributed by atoms with Gasteiger partial charge in [0.25, 0.3) is 0 Å². The summed E-state index contributed by atoms with van der Waals surface area (Å²) in [5.74, 6) is 1.40. The zero-order valence-corrected chi connectivity index (χ0v) is 13.0. The molecule has 1 fully saturated rings. The van der Waals surface area contributed by atoms with Crippen LogP contribution in [0.1, 0.15) is 31.5 Å². The van der Waals surface area contributed by atoms with Crippen LogP contribution in [-0.4, -0.2) is 34.6 Å². The molecule has 0 saturated heterocycles. The fourth-order valence-corrected chi connectivity index (χ4v) is 3.59. The van der Waals surface area contributed by atoms with Gasteiger partial charge in [0.15, 0.2) is 5.82 Å². The van der Waals surface area contributed by atoms with Gasteiger partial charge in [-0.25, -0.2) is 9.97 Å².